The number of nitriles is 3. The molecule has 1 aromatic rings. The fourth-order valence-corrected chi connectivity index (χ4v) is 4.40. The van der Waals surface area contributed by atoms with Crippen LogP contribution in [0.3, 0.4) is 0 Å². The molecule has 4 nitrogen and oxygen atoms in total. The maximum absolute atomic E-state index is 9.95. The molecule has 124 valence electrons. The van der Waals surface area contributed by atoms with Crippen LogP contribution in [0.15, 0.2) is 47.2 Å². The van der Waals surface area contributed by atoms with Crippen molar-refractivity contribution in [1.29, 1.82) is 15.8 Å². The molecule has 0 spiro atoms. The maximum atomic E-state index is 9.95. The molecule has 5 heteroatoms. The predicted molar refractivity (Wildman–Crippen MR) is 94.6 cm³/mol. The van der Waals surface area contributed by atoms with Crippen LogP contribution in [-0.4, -0.2) is 0 Å². The van der Waals surface area contributed by atoms with Crippen molar-refractivity contribution in [2.45, 2.75) is 25.7 Å². The Balaban J connectivity index is 2.37. The van der Waals surface area contributed by atoms with Crippen molar-refractivity contribution in [3.63, 3.8) is 0 Å². The number of allylic oxidation sites excluding steroid dienone is 4. The smallest absolute Gasteiger partial charge is 0.191 e. The van der Waals surface area contributed by atoms with Gasteiger partial charge in [-0.2, -0.15) is 15.8 Å². The monoisotopic (exact) mass is 348 g/mol. The highest BCUT2D eigenvalue weighted by atomic mass is 35.5. The fourth-order valence-electron chi connectivity index (χ4n) is 4.15. The SMILES string of the molecule is C[C@@H]1CC=C2C(C#N)=C(N)C(C#N)(C#N)[C@H](c3ccccc3Cl)[C@H]2C1. The molecule has 0 bridgehead atoms. The number of nitrogens with zero attached hydrogens (tertiary/aromatic N) is 3. The van der Waals surface area contributed by atoms with Gasteiger partial charge in [0, 0.05) is 10.9 Å². The third kappa shape index (κ3) is 2.41. The van der Waals surface area contributed by atoms with E-state index in [1.54, 1.807) is 6.07 Å². The summed E-state index contributed by atoms with van der Waals surface area (Å²) in [7, 11) is 0. The summed E-state index contributed by atoms with van der Waals surface area (Å²) < 4.78 is 0. The normalized spacial score (nSPS) is 27.3. The summed E-state index contributed by atoms with van der Waals surface area (Å²) in [6.45, 7) is 2.13. The molecular formula is C20H17ClN4. The van der Waals surface area contributed by atoms with Crippen molar-refractivity contribution in [1.82, 2.24) is 0 Å². The summed E-state index contributed by atoms with van der Waals surface area (Å²) in [5.41, 5.74) is 6.54. The van der Waals surface area contributed by atoms with Gasteiger partial charge in [-0.25, -0.2) is 0 Å². The highest BCUT2D eigenvalue weighted by molar-refractivity contribution is 6.31. The molecule has 0 saturated heterocycles. The number of hydrogen-bond acceptors (Lipinski definition) is 4. The Bertz CT molecular complexity index is 893. The minimum absolute atomic E-state index is 0.0435. The van der Waals surface area contributed by atoms with Crippen molar-refractivity contribution in [2.24, 2.45) is 23.0 Å². The zero-order valence-electron chi connectivity index (χ0n) is 13.8. The Morgan fingerprint density at radius 2 is 1.88 bits per heavy atom. The first-order chi connectivity index (χ1) is 12.0. The Morgan fingerprint density at radius 1 is 1.20 bits per heavy atom. The van der Waals surface area contributed by atoms with Crippen LogP contribution >= 0.6 is 11.6 Å². The van der Waals surface area contributed by atoms with E-state index in [4.69, 9.17) is 17.3 Å². The molecule has 0 radical (unpaired) electrons. The topological polar surface area (TPSA) is 97.4 Å². The molecule has 0 heterocycles. The summed E-state index contributed by atoms with van der Waals surface area (Å²) in [4.78, 5) is 0. The molecule has 2 N–H and O–H groups in total. The lowest BCUT2D eigenvalue weighted by Crippen LogP contribution is -2.43. The van der Waals surface area contributed by atoms with Crippen LogP contribution < -0.4 is 5.73 Å². The highest BCUT2D eigenvalue weighted by Crippen LogP contribution is 2.57. The summed E-state index contributed by atoms with van der Waals surface area (Å²) >= 11 is 6.42. The molecule has 0 fully saturated rings. The van der Waals surface area contributed by atoms with Crippen LogP contribution in [0, 0.1) is 51.2 Å². The van der Waals surface area contributed by atoms with Crippen LogP contribution in [0.4, 0.5) is 0 Å². The molecule has 1 aromatic carbocycles. The third-order valence-electron chi connectivity index (χ3n) is 5.35. The van der Waals surface area contributed by atoms with Crippen LogP contribution in [-0.2, 0) is 0 Å². The molecule has 0 unspecified atom stereocenters. The Hall–Kier alpha value is -2.74. The van der Waals surface area contributed by atoms with Gasteiger partial charge < -0.3 is 5.73 Å². The highest BCUT2D eigenvalue weighted by Gasteiger charge is 2.54. The van der Waals surface area contributed by atoms with Crippen molar-refractivity contribution in [2.75, 3.05) is 0 Å². The summed E-state index contributed by atoms with van der Waals surface area (Å²) in [5.74, 6) is -0.236. The fraction of sp³-hybridized carbons (Fsp3) is 0.350. The first kappa shape index (κ1) is 17.1. The van der Waals surface area contributed by atoms with Gasteiger partial charge in [-0.05, 0) is 41.9 Å². The van der Waals surface area contributed by atoms with Crippen molar-refractivity contribution in [3.05, 3.63) is 57.8 Å². The lowest BCUT2D eigenvalue weighted by atomic mass is 9.56. The van der Waals surface area contributed by atoms with Crippen molar-refractivity contribution >= 4 is 11.6 Å². The summed E-state index contributed by atoms with van der Waals surface area (Å²) in [5, 5.41) is 30.0. The molecule has 3 rings (SSSR count). The van der Waals surface area contributed by atoms with Crippen molar-refractivity contribution < 1.29 is 0 Å². The van der Waals surface area contributed by atoms with E-state index in [0.29, 0.717) is 10.9 Å². The van der Waals surface area contributed by atoms with Gasteiger partial charge in [0.15, 0.2) is 5.41 Å². The standard InChI is InChI=1S/C20H17ClN4/c1-12-6-7-13-15(8-12)18(14-4-2-3-5-17(14)21)20(10-23,11-24)19(25)16(13)9-22/h2-5,7,12,15,18H,6,8,25H2,1H3/t12-,15+,18-/m1/s1. The van der Waals surface area contributed by atoms with E-state index in [0.717, 1.165) is 24.0 Å². The number of halogens is 1. The van der Waals surface area contributed by atoms with Crippen LogP contribution in [0.5, 0.6) is 0 Å². The second kappa shape index (κ2) is 6.29. The van der Waals surface area contributed by atoms with Gasteiger partial charge in [0.05, 0.1) is 23.4 Å². The quantitative estimate of drug-likeness (QED) is 0.823. The van der Waals surface area contributed by atoms with E-state index in [1.807, 2.05) is 24.3 Å². The second-order valence-electron chi connectivity index (χ2n) is 6.77. The summed E-state index contributed by atoms with van der Waals surface area (Å²) in [6.07, 6.45) is 3.67. The maximum Gasteiger partial charge on any atom is 0.191 e. The minimum Gasteiger partial charge on any atom is -0.399 e. The molecule has 0 aliphatic heterocycles. The molecular weight excluding hydrogens is 332 g/mol. The van der Waals surface area contributed by atoms with Gasteiger partial charge in [-0.1, -0.05) is 42.8 Å². The molecule has 0 aromatic heterocycles. The third-order valence-corrected chi connectivity index (χ3v) is 5.70. The lowest BCUT2D eigenvalue weighted by Gasteiger charge is -2.44. The molecule has 25 heavy (non-hydrogen) atoms. The molecule has 0 saturated carbocycles. The van der Waals surface area contributed by atoms with Crippen LogP contribution in [0.25, 0.3) is 0 Å². The van der Waals surface area contributed by atoms with Gasteiger partial charge in [-0.3, -0.25) is 0 Å². The Kier molecular flexibility index (Phi) is 4.30. The lowest BCUT2D eigenvalue weighted by molar-refractivity contribution is 0.284. The van der Waals surface area contributed by atoms with Crippen LogP contribution in [0.1, 0.15) is 31.2 Å². The average molecular weight is 349 g/mol. The van der Waals surface area contributed by atoms with Gasteiger partial charge in [0.2, 0.25) is 0 Å². The van der Waals surface area contributed by atoms with E-state index >= 15 is 0 Å². The number of rotatable bonds is 1. The Morgan fingerprint density at radius 3 is 2.48 bits per heavy atom. The number of fused-ring (bicyclic) bond motifs is 1. The van der Waals surface area contributed by atoms with E-state index in [1.165, 1.54) is 0 Å². The van der Waals surface area contributed by atoms with Gasteiger partial charge in [0.25, 0.3) is 0 Å². The van der Waals surface area contributed by atoms with Gasteiger partial charge in [-0.15, -0.1) is 0 Å². The van der Waals surface area contributed by atoms with Gasteiger partial charge in [0.1, 0.15) is 6.07 Å². The van der Waals surface area contributed by atoms with E-state index in [2.05, 4.69) is 25.1 Å². The molecule has 0 amide bonds. The first-order valence-electron chi connectivity index (χ1n) is 8.17. The van der Waals surface area contributed by atoms with Crippen molar-refractivity contribution in [3.8, 4) is 18.2 Å². The molecule has 2 aliphatic carbocycles. The largest absolute Gasteiger partial charge is 0.399 e. The number of nitrogens with two attached hydrogens (primary N) is 1. The van der Waals surface area contributed by atoms with E-state index in [-0.39, 0.29) is 17.2 Å². The summed E-state index contributed by atoms with van der Waals surface area (Å²) in [6, 6.07) is 13.6. The van der Waals surface area contributed by atoms with Crippen LogP contribution in [0.2, 0.25) is 5.02 Å². The Labute approximate surface area is 152 Å². The minimum atomic E-state index is -1.60. The first-order valence-corrected chi connectivity index (χ1v) is 8.55. The predicted octanol–water partition coefficient (Wildman–Crippen LogP) is 4.18. The zero-order valence-corrected chi connectivity index (χ0v) is 14.6. The average Bonchev–Trinajstić information content (AvgIpc) is 2.62. The second-order valence-corrected chi connectivity index (χ2v) is 7.18. The zero-order chi connectivity index (χ0) is 18.2. The molecule has 2 aliphatic rings. The number of hydrogen-bond donors (Lipinski definition) is 1. The van der Waals surface area contributed by atoms with Gasteiger partial charge >= 0.3 is 0 Å². The number of benzene rings is 1. The van der Waals surface area contributed by atoms with E-state index in [9.17, 15) is 15.8 Å². The van der Waals surface area contributed by atoms with E-state index < -0.39 is 11.3 Å². The molecule has 3 atom stereocenters.